The molecule has 0 fully saturated rings. The predicted molar refractivity (Wildman–Crippen MR) is 70.5 cm³/mol. The number of nitrogens with zero attached hydrogens (tertiary/aromatic N) is 2. The average molecular weight is 275 g/mol. The molecule has 8 heteroatoms. The van der Waals surface area contributed by atoms with E-state index in [1.165, 1.54) is 18.3 Å². The lowest BCUT2D eigenvalue weighted by molar-refractivity contribution is 0.0690. The number of pyridine rings is 1. The van der Waals surface area contributed by atoms with Gasteiger partial charge in [-0.25, -0.2) is 19.6 Å². The summed E-state index contributed by atoms with van der Waals surface area (Å²) in [6, 6.07) is 2.42. The van der Waals surface area contributed by atoms with Crippen LogP contribution in [0.2, 0.25) is 0 Å². The fourth-order valence-corrected chi connectivity index (χ4v) is 1.50. The number of amides is 2. The highest BCUT2D eigenvalue weighted by molar-refractivity contribution is 5.90. The Balaban J connectivity index is 1.77. The van der Waals surface area contributed by atoms with Gasteiger partial charge < -0.3 is 20.7 Å². The number of hydrogen-bond donors (Lipinski definition) is 4. The first-order valence-corrected chi connectivity index (χ1v) is 5.86. The molecule has 0 aliphatic rings. The van der Waals surface area contributed by atoms with Gasteiger partial charge in [0.15, 0.2) is 0 Å². The van der Waals surface area contributed by atoms with Crippen LogP contribution in [0.5, 0.6) is 0 Å². The minimum atomic E-state index is -1.11. The summed E-state index contributed by atoms with van der Waals surface area (Å²) in [5.74, 6) is -1.11. The third-order valence-corrected chi connectivity index (χ3v) is 2.48. The number of nitrogens with one attached hydrogen (secondary N) is 3. The highest BCUT2D eigenvalue weighted by Gasteiger charge is 2.05. The van der Waals surface area contributed by atoms with Gasteiger partial charge in [0.1, 0.15) is 5.69 Å². The Morgan fingerprint density at radius 2 is 2.15 bits per heavy atom. The first kappa shape index (κ1) is 13.5. The molecule has 2 amide bonds. The number of aromatic nitrogens is 3. The summed E-state index contributed by atoms with van der Waals surface area (Å²) < 4.78 is 0. The van der Waals surface area contributed by atoms with E-state index in [9.17, 15) is 9.59 Å². The zero-order valence-corrected chi connectivity index (χ0v) is 10.5. The van der Waals surface area contributed by atoms with Crippen LogP contribution in [-0.2, 0) is 6.42 Å². The van der Waals surface area contributed by atoms with Crippen molar-refractivity contribution in [2.45, 2.75) is 6.42 Å². The van der Waals surface area contributed by atoms with Gasteiger partial charge in [-0.1, -0.05) is 0 Å². The number of imidazole rings is 1. The molecule has 2 rings (SSSR count). The zero-order chi connectivity index (χ0) is 14.4. The smallest absolute Gasteiger partial charge is 0.354 e. The second-order valence-corrected chi connectivity index (χ2v) is 3.95. The molecule has 8 nitrogen and oxygen atoms in total. The van der Waals surface area contributed by atoms with E-state index in [0.717, 1.165) is 5.69 Å². The number of carbonyl (C=O) groups excluding carboxylic acids is 1. The maximum Gasteiger partial charge on any atom is 0.354 e. The Morgan fingerprint density at radius 3 is 2.75 bits per heavy atom. The maximum absolute atomic E-state index is 11.6. The van der Waals surface area contributed by atoms with Crippen molar-refractivity contribution in [1.29, 1.82) is 0 Å². The second kappa shape index (κ2) is 6.32. The van der Waals surface area contributed by atoms with Crippen LogP contribution in [0.15, 0.2) is 30.9 Å². The molecule has 0 atom stereocenters. The summed E-state index contributed by atoms with van der Waals surface area (Å²) in [4.78, 5) is 32.7. The first-order valence-electron chi connectivity index (χ1n) is 5.86. The molecule has 4 N–H and O–H groups in total. The predicted octanol–water partition coefficient (Wildman–Crippen LogP) is 0.867. The number of anilines is 1. The highest BCUT2D eigenvalue weighted by atomic mass is 16.4. The SMILES string of the molecule is O=C(NCCc1cnc[nH]1)Nc1ccc(C(=O)O)nc1. The van der Waals surface area contributed by atoms with Crippen molar-refractivity contribution in [1.82, 2.24) is 20.3 Å². The molecule has 20 heavy (non-hydrogen) atoms. The lowest BCUT2D eigenvalue weighted by Crippen LogP contribution is -2.30. The highest BCUT2D eigenvalue weighted by Crippen LogP contribution is 2.05. The van der Waals surface area contributed by atoms with Crippen molar-refractivity contribution in [3.63, 3.8) is 0 Å². The van der Waals surface area contributed by atoms with Crippen molar-refractivity contribution in [2.24, 2.45) is 0 Å². The molecule has 0 saturated carbocycles. The normalized spacial score (nSPS) is 10.0. The molecule has 2 aromatic rings. The topological polar surface area (TPSA) is 120 Å². The number of rotatable bonds is 5. The summed E-state index contributed by atoms with van der Waals surface area (Å²) in [6.45, 7) is 0.453. The van der Waals surface area contributed by atoms with E-state index in [4.69, 9.17) is 5.11 Å². The van der Waals surface area contributed by atoms with E-state index in [-0.39, 0.29) is 11.7 Å². The molecule has 104 valence electrons. The van der Waals surface area contributed by atoms with Crippen molar-refractivity contribution in [2.75, 3.05) is 11.9 Å². The van der Waals surface area contributed by atoms with Crippen molar-refractivity contribution < 1.29 is 14.7 Å². The molecule has 0 bridgehead atoms. The number of aromatic carboxylic acids is 1. The van der Waals surface area contributed by atoms with Crippen LogP contribution in [0.1, 0.15) is 16.2 Å². The van der Waals surface area contributed by atoms with Gasteiger partial charge in [0.25, 0.3) is 0 Å². The molecule has 0 saturated heterocycles. The van der Waals surface area contributed by atoms with Gasteiger partial charge in [0.2, 0.25) is 0 Å². The molecule has 0 unspecified atom stereocenters. The Morgan fingerprint density at radius 1 is 1.30 bits per heavy atom. The van der Waals surface area contributed by atoms with Gasteiger partial charge in [0, 0.05) is 24.9 Å². The Kier molecular flexibility index (Phi) is 4.28. The van der Waals surface area contributed by atoms with Gasteiger partial charge in [-0.3, -0.25) is 0 Å². The number of carboxylic acids is 1. The van der Waals surface area contributed by atoms with Crippen molar-refractivity contribution in [3.05, 3.63) is 42.2 Å². The summed E-state index contributed by atoms with van der Waals surface area (Å²) in [7, 11) is 0. The van der Waals surface area contributed by atoms with Gasteiger partial charge >= 0.3 is 12.0 Å². The quantitative estimate of drug-likeness (QED) is 0.645. The van der Waals surface area contributed by atoms with E-state index in [0.29, 0.717) is 18.7 Å². The van der Waals surface area contributed by atoms with Crippen LogP contribution in [0.3, 0.4) is 0 Å². The molecule has 0 radical (unpaired) electrons. The maximum atomic E-state index is 11.6. The largest absolute Gasteiger partial charge is 0.477 e. The molecule has 0 aromatic carbocycles. The summed E-state index contributed by atoms with van der Waals surface area (Å²) >= 11 is 0. The third kappa shape index (κ3) is 3.80. The minimum absolute atomic E-state index is 0.0739. The van der Waals surface area contributed by atoms with Crippen molar-refractivity contribution in [3.8, 4) is 0 Å². The Bertz CT molecular complexity index is 580. The van der Waals surface area contributed by atoms with Crippen LogP contribution in [-0.4, -0.2) is 38.6 Å². The van der Waals surface area contributed by atoms with Crippen LogP contribution in [0.4, 0.5) is 10.5 Å². The molecular formula is C12H13N5O3. The van der Waals surface area contributed by atoms with Gasteiger partial charge in [-0.15, -0.1) is 0 Å². The third-order valence-electron chi connectivity index (χ3n) is 2.48. The summed E-state index contributed by atoms with van der Waals surface area (Å²) in [5.41, 5.74) is 1.28. The number of urea groups is 1. The Hall–Kier alpha value is -2.90. The first-order chi connectivity index (χ1) is 9.65. The molecule has 2 aromatic heterocycles. The number of aromatic amines is 1. The van der Waals surface area contributed by atoms with Crippen LogP contribution < -0.4 is 10.6 Å². The number of carbonyl (C=O) groups is 2. The van der Waals surface area contributed by atoms with E-state index < -0.39 is 5.97 Å². The summed E-state index contributed by atoms with van der Waals surface area (Å²) in [6.07, 6.45) is 5.20. The van der Waals surface area contributed by atoms with E-state index >= 15 is 0 Å². The standard InChI is InChI=1S/C12H13N5O3/c18-11(19)10-2-1-9(6-15-10)17-12(20)14-4-3-8-5-13-7-16-8/h1-2,5-7H,3-4H2,(H,13,16)(H,18,19)(H2,14,17,20). The molecule has 2 heterocycles. The van der Waals surface area contributed by atoms with Gasteiger partial charge in [-0.2, -0.15) is 0 Å². The van der Waals surface area contributed by atoms with Gasteiger partial charge in [-0.05, 0) is 12.1 Å². The lowest BCUT2D eigenvalue weighted by Gasteiger charge is -2.06. The number of carboxylic acid groups (broad SMARTS) is 1. The van der Waals surface area contributed by atoms with E-state index in [1.54, 1.807) is 12.5 Å². The van der Waals surface area contributed by atoms with Gasteiger partial charge in [0.05, 0.1) is 18.2 Å². The molecule has 0 aliphatic heterocycles. The van der Waals surface area contributed by atoms with Crippen LogP contribution >= 0.6 is 0 Å². The second-order valence-electron chi connectivity index (χ2n) is 3.95. The fraction of sp³-hybridized carbons (Fsp3) is 0.167. The minimum Gasteiger partial charge on any atom is -0.477 e. The Labute approximate surface area is 114 Å². The average Bonchev–Trinajstić information content (AvgIpc) is 2.92. The fourth-order valence-electron chi connectivity index (χ4n) is 1.50. The zero-order valence-electron chi connectivity index (χ0n) is 10.5. The molecular weight excluding hydrogens is 262 g/mol. The van der Waals surface area contributed by atoms with Crippen LogP contribution in [0, 0.1) is 0 Å². The number of hydrogen-bond acceptors (Lipinski definition) is 4. The van der Waals surface area contributed by atoms with E-state index in [1.807, 2.05) is 0 Å². The summed E-state index contributed by atoms with van der Waals surface area (Å²) in [5, 5.41) is 13.9. The molecule has 0 aliphatic carbocycles. The number of H-pyrrole nitrogens is 1. The van der Waals surface area contributed by atoms with Crippen molar-refractivity contribution >= 4 is 17.7 Å². The van der Waals surface area contributed by atoms with E-state index in [2.05, 4.69) is 25.6 Å². The lowest BCUT2D eigenvalue weighted by atomic mass is 10.3. The molecule has 0 spiro atoms. The van der Waals surface area contributed by atoms with Crippen LogP contribution in [0.25, 0.3) is 0 Å². The monoisotopic (exact) mass is 275 g/mol.